The number of fused-ring (bicyclic) bond motifs is 1. The van der Waals surface area contributed by atoms with E-state index < -0.39 is 0 Å². The minimum Gasteiger partial charge on any atom is -0.493 e. The van der Waals surface area contributed by atoms with Gasteiger partial charge in [0.05, 0.1) is 12.2 Å². The van der Waals surface area contributed by atoms with E-state index >= 15 is 0 Å². The molecule has 2 aromatic rings. The molecular formula is C23H27NO2. The summed E-state index contributed by atoms with van der Waals surface area (Å²) in [7, 11) is 0. The topological polar surface area (TPSA) is 21.7 Å². The number of hydrogen-bond donors (Lipinski definition) is 0. The number of ether oxygens (including phenoxy) is 2. The van der Waals surface area contributed by atoms with Crippen LogP contribution in [0.25, 0.3) is 5.76 Å². The molecule has 0 amide bonds. The number of nitrogens with zero attached hydrogens (tertiary/aromatic N) is 1. The molecule has 2 aliphatic rings. The van der Waals surface area contributed by atoms with Crippen molar-refractivity contribution in [2.75, 3.05) is 26.2 Å². The van der Waals surface area contributed by atoms with Crippen molar-refractivity contribution in [3.05, 3.63) is 71.3 Å². The minimum absolute atomic E-state index is 0.0884. The molecule has 4 rings (SSSR count). The number of piperidine rings is 1. The van der Waals surface area contributed by atoms with Crippen LogP contribution in [-0.2, 0) is 4.74 Å². The highest BCUT2D eigenvalue weighted by molar-refractivity contribution is 5.72. The molecule has 0 spiro atoms. The van der Waals surface area contributed by atoms with Crippen LogP contribution in [0.1, 0.15) is 43.4 Å². The summed E-state index contributed by atoms with van der Waals surface area (Å²) in [5.74, 6) is 1.92. The third-order valence-electron chi connectivity index (χ3n) is 5.22. The second kappa shape index (κ2) is 7.96. The molecule has 1 fully saturated rings. The van der Waals surface area contributed by atoms with Crippen LogP contribution in [0, 0.1) is 0 Å². The highest BCUT2D eigenvalue weighted by atomic mass is 16.5. The molecule has 136 valence electrons. The molecule has 26 heavy (non-hydrogen) atoms. The molecule has 2 aliphatic heterocycles. The summed E-state index contributed by atoms with van der Waals surface area (Å²) in [5.41, 5.74) is 3.51. The van der Waals surface area contributed by atoms with Crippen LogP contribution < -0.4 is 4.74 Å². The van der Waals surface area contributed by atoms with Crippen LogP contribution in [0.4, 0.5) is 0 Å². The Morgan fingerprint density at radius 2 is 1.69 bits per heavy atom. The third kappa shape index (κ3) is 3.49. The Hall–Kier alpha value is -2.26. The lowest BCUT2D eigenvalue weighted by atomic mass is 9.93. The molecular weight excluding hydrogens is 322 g/mol. The van der Waals surface area contributed by atoms with Crippen molar-refractivity contribution >= 4 is 5.76 Å². The number of rotatable bonds is 5. The lowest BCUT2D eigenvalue weighted by Crippen LogP contribution is -2.34. The van der Waals surface area contributed by atoms with Crippen molar-refractivity contribution in [3.63, 3.8) is 0 Å². The number of benzene rings is 2. The summed E-state index contributed by atoms with van der Waals surface area (Å²) in [6, 6.07) is 18.8. The zero-order chi connectivity index (χ0) is 17.8. The van der Waals surface area contributed by atoms with E-state index in [1.54, 1.807) is 0 Å². The SMILES string of the molecule is CCOC1=C(CN2CCCCC2)C(c2ccccc2)Oc2ccccc21. The summed E-state index contributed by atoms with van der Waals surface area (Å²) in [6.07, 6.45) is 3.82. The van der Waals surface area contributed by atoms with E-state index in [1.807, 2.05) is 12.1 Å². The van der Waals surface area contributed by atoms with E-state index in [0.29, 0.717) is 6.61 Å². The molecule has 1 atom stereocenters. The highest BCUT2D eigenvalue weighted by Gasteiger charge is 2.32. The van der Waals surface area contributed by atoms with E-state index in [1.165, 1.54) is 30.4 Å². The Bertz CT molecular complexity index is 763. The normalized spacial score (nSPS) is 20.4. The van der Waals surface area contributed by atoms with Gasteiger partial charge in [0.1, 0.15) is 11.5 Å². The van der Waals surface area contributed by atoms with Crippen molar-refractivity contribution < 1.29 is 9.47 Å². The predicted octanol–water partition coefficient (Wildman–Crippen LogP) is 5.05. The van der Waals surface area contributed by atoms with E-state index in [0.717, 1.165) is 36.7 Å². The van der Waals surface area contributed by atoms with Crippen LogP contribution in [0.2, 0.25) is 0 Å². The van der Waals surface area contributed by atoms with Gasteiger partial charge in [-0.05, 0) is 50.6 Å². The van der Waals surface area contributed by atoms with E-state index in [2.05, 4.69) is 54.3 Å². The molecule has 0 bridgehead atoms. The molecule has 0 aromatic heterocycles. The van der Waals surface area contributed by atoms with Crippen LogP contribution in [0.5, 0.6) is 5.75 Å². The standard InChI is InChI=1S/C23H27NO2/c1-2-25-23-19-13-7-8-14-21(19)26-22(18-11-5-3-6-12-18)20(23)17-24-15-9-4-10-16-24/h3,5-8,11-14,22H,2,4,9-10,15-17H2,1H3. The Labute approximate surface area is 156 Å². The van der Waals surface area contributed by atoms with Gasteiger partial charge >= 0.3 is 0 Å². The quantitative estimate of drug-likeness (QED) is 0.753. The molecule has 2 heterocycles. The average molecular weight is 349 g/mol. The van der Waals surface area contributed by atoms with Crippen LogP contribution >= 0.6 is 0 Å². The maximum absolute atomic E-state index is 6.48. The second-order valence-electron chi connectivity index (χ2n) is 7.03. The van der Waals surface area contributed by atoms with Gasteiger partial charge < -0.3 is 9.47 Å². The minimum atomic E-state index is -0.0884. The number of likely N-dealkylation sites (tertiary alicyclic amines) is 1. The van der Waals surface area contributed by atoms with E-state index in [4.69, 9.17) is 9.47 Å². The monoisotopic (exact) mass is 349 g/mol. The molecule has 3 heteroatoms. The van der Waals surface area contributed by atoms with Gasteiger partial charge in [-0.15, -0.1) is 0 Å². The maximum atomic E-state index is 6.48. The fraction of sp³-hybridized carbons (Fsp3) is 0.391. The summed E-state index contributed by atoms with van der Waals surface area (Å²) in [5, 5.41) is 0. The second-order valence-corrected chi connectivity index (χ2v) is 7.03. The van der Waals surface area contributed by atoms with Crippen molar-refractivity contribution in [1.29, 1.82) is 0 Å². The predicted molar refractivity (Wildman–Crippen MR) is 105 cm³/mol. The zero-order valence-electron chi connectivity index (χ0n) is 15.5. The largest absolute Gasteiger partial charge is 0.493 e. The molecule has 0 aliphatic carbocycles. The maximum Gasteiger partial charge on any atom is 0.150 e. The van der Waals surface area contributed by atoms with Gasteiger partial charge in [-0.1, -0.05) is 48.9 Å². The van der Waals surface area contributed by atoms with Crippen LogP contribution in [-0.4, -0.2) is 31.1 Å². The van der Waals surface area contributed by atoms with Crippen molar-refractivity contribution in [2.45, 2.75) is 32.3 Å². The Morgan fingerprint density at radius 3 is 2.46 bits per heavy atom. The zero-order valence-corrected chi connectivity index (χ0v) is 15.5. The van der Waals surface area contributed by atoms with Gasteiger partial charge in [0, 0.05) is 12.1 Å². The first-order valence-electron chi connectivity index (χ1n) is 9.76. The Balaban J connectivity index is 1.78. The highest BCUT2D eigenvalue weighted by Crippen LogP contribution is 2.43. The Morgan fingerprint density at radius 1 is 0.962 bits per heavy atom. The van der Waals surface area contributed by atoms with Crippen molar-refractivity contribution in [1.82, 2.24) is 4.90 Å². The van der Waals surface area contributed by atoms with Gasteiger partial charge in [-0.3, -0.25) is 4.90 Å². The summed E-state index contributed by atoms with van der Waals surface area (Å²) in [6.45, 7) is 5.94. The van der Waals surface area contributed by atoms with E-state index in [9.17, 15) is 0 Å². The summed E-state index contributed by atoms with van der Waals surface area (Å²) < 4.78 is 12.7. The van der Waals surface area contributed by atoms with E-state index in [-0.39, 0.29) is 6.10 Å². The first-order chi connectivity index (χ1) is 12.9. The third-order valence-corrected chi connectivity index (χ3v) is 5.22. The number of hydrogen-bond acceptors (Lipinski definition) is 3. The lowest BCUT2D eigenvalue weighted by Gasteiger charge is -2.35. The fourth-order valence-corrected chi connectivity index (χ4v) is 3.97. The molecule has 1 saturated heterocycles. The molecule has 0 radical (unpaired) electrons. The van der Waals surface area contributed by atoms with Gasteiger partial charge in [0.25, 0.3) is 0 Å². The van der Waals surface area contributed by atoms with Crippen LogP contribution in [0.3, 0.4) is 0 Å². The first kappa shape index (κ1) is 17.2. The van der Waals surface area contributed by atoms with Gasteiger partial charge in [-0.2, -0.15) is 0 Å². The Kier molecular flexibility index (Phi) is 5.26. The van der Waals surface area contributed by atoms with Crippen LogP contribution in [0.15, 0.2) is 60.2 Å². The molecule has 1 unspecified atom stereocenters. The fourth-order valence-electron chi connectivity index (χ4n) is 3.97. The van der Waals surface area contributed by atoms with Gasteiger partial charge in [0.2, 0.25) is 0 Å². The number of para-hydroxylation sites is 1. The van der Waals surface area contributed by atoms with Crippen molar-refractivity contribution in [3.8, 4) is 5.75 Å². The van der Waals surface area contributed by atoms with Gasteiger partial charge in [-0.25, -0.2) is 0 Å². The smallest absolute Gasteiger partial charge is 0.150 e. The lowest BCUT2D eigenvalue weighted by molar-refractivity contribution is 0.183. The summed E-state index contributed by atoms with van der Waals surface area (Å²) in [4.78, 5) is 2.55. The van der Waals surface area contributed by atoms with Gasteiger partial charge in [0.15, 0.2) is 6.10 Å². The van der Waals surface area contributed by atoms with Crippen molar-refractivity contribution in [2.24, 2.45) is 0 Å². The molecule has 2 aromatic carbocycles. The average Bonchev–Trinajstić information content (AvgIpc) is 2.71. The molecule has 0 saturated carbocycles. The molecule has 3 nitrogen and oxygen atoms in total. The first-order valence-corrected chi connectivity index (χ1v) is 9.76. The molecule has 0 N–H and O–H groups in total. The summed E-state index contributed by atoms with van der Waals surface area (Å²) >= 11 is 0.